The van der Waals surface area contributed by atoms with Gasteiger partial charge in [-0.05, 0) is 63.9 Å². The highest BCUT2D eigenvalue weighted by molar-refractivity contribution is 5.64. The number of alkyl halides is 2. The van der Waals surface area contributed by atoms with Gasteiger partial charge >= 0.3 is 0 Å². The second-order valence-electron chi connectivity index (χ2n) is 10.8. The monoisotopic (exact) mass is 518 g/mol. The Balaban J connectivity index is 1.32. The van der Waals surface area contributed by atoms with Crippen LogP contribution in [0.25, 0.3) is 17.1 Å². The van der Waals surface area contributed by atoms with E-state index in [0.29, 0.717) is 24.1 Å². The molecule has 1 unspecified atom stereocenters. The number of nitrogens with zero attached hydrogens (tertiary/aromatic N) is 6. The van der Waals surface area contributed by atoms with Crippen molar-refractivity contribution in [1.29, 1.82) is 0 Å². The molecule has 0 radical (unpaired) electrons. The lowest BCUT2D eigenvalue weighted by Crippen LogP contribution is -2.10. The minimum Gasteiger partial charge on any atom is -0.388 e. The Labute approximate surface area is 220 Å². The molecule has 0 aliphatic heterocycles. The Kier molecular flexibility index (Phi) is 6.34. The highest BCUT2D eigenvalue weighted by Gasteiger charge is 2.34. The number of halogens is 2. The van der Waals surface area contributed by atoms with Crippen LogP contribution >= 0.6 is 0 Å². The lowest BCUT2D eigenvalue weighted by molar-refractivity contribution is 0.151. The summed E-state index contributed by atoms with van der Waals surface area (Å²) in [6.45, 7) is 6.78. The van der Waals surface area contributed by atoms with E-state index < -0.39 is 12.5 Å². The molecule has 4 aromatic rings. The maximum atomic E-state index is 13.1. The van der Waals surface area contributed by atoms with E-state index in [2.05, 4.69) is 14.6 Å². The standard InChI is InChI=1S/C29H32F2N6O/c1-16-24(36(14-19-4-5-19)35-27(16)20-6-10-22(11-7-20)29(30)31)12-23-13-25(33-15-32-23)37-18(3)26(17(2)34-37)28(38)21-8-9-21/h6-7,10-11,13,15,19,21,28-29,38H,4-5,8-9,12,14H2,1-3H3. The minimum absolute atomic E-state index is 0.00881. The van der Waals surface area contributed by atoms with Crippen molar-refractivity contribution in [3.63, 3.8) is 0 Å². The van der Waals surface area contributed by atoms with Crippen molar-refractivity contribution in [2.45, 2.75) is 71.9 Å². The van der Waals surface area contributed by atoms with Crippen molar-refractivity contribution in [2.75, 3.05) is 0 Å². The molecule has 2 aliphatic rings. The maximum Gasteiger partial charge on any atom is 0.263 e. The molecular formula is C29H32F2N6O. The Morgan fingerprint density at radius 1 is 1.00 bits per heavy atom. The fraction of sp³-hybridized carbons (Fsp3) is 0.448. The van der Waals surface area contributed by atoms with Crippen LogP contribution in [0.5, 0.6) is 0 Å². The number of hydrogen-bond donors (Lipinski definition) is 1. The van der Waals surface area contributed by atoms with Crippen LogP contribution in [-0.2, 0) is 13.0 Å². The molecule has 198 valence electrons. The maximum absolute atomic E-state index is 13.1. The van der Waals surface area contributed by atoms with E-state index >= 15 is 0 Å². The van der Waals surface area contributed by atoms with Gasteiger partial charge in [-0.2, -0.15) is 10.2 Å². The number of benzene rings is 1. The number of aliphatic hydroxyl groups excluding tert-OH is 1. The average molecular weight is 519 g/mol. The van der Waals surface area contributed by atoms with Gasteiger partial charge in [0.1, 0.15) is 6.33 Å². The van der Waals surface area contributed by atoms with Crippen LogP contribution in [0.2, 0.25) is 0 Å². The smallest absolute Gasteiger partial charge is 0.263 e. The first kappa shape index (κ1) is 24.9. The molecule has 38 heavy (non-hydrogen) atoms. The van der Waals surface area contributed by atoms with Gasteiger partial charge in [0, 0.05) is 47.1 Å². The number of aryl methyl sites for hydroxylation is 1. The van der Waals surface area contributed by atoms with E-state index in [1.54, 1.807) is 23.1 Å². The Morgan fingerprint density at radius 2 is 1.74 bits per heavy atom. The summed E-state index contributed by atoms with van der Waals surface area (Å²) in [5.74, 6) is 1.61. The van der Waals surface area contributed by atoms with Crippen molar-refractivity contribution in [2.24, 2.45) is 11.8 Å². The fourth-order valence-corrected chi connectivity index (χ4v) is 5.29. The third kappa shape index (κ3) is 4.75. The fourth-order valence-electron chi connectivity index (χ4n) is 5.29. The largest absolute Gasteiger partial charge is 0.388 e. The van der Waals surface area contributed by atoms with Crippen molar-refractivity contribution in [1.82, 2.24) is 29.5 Å². The molecule has 3 heterocycles. The number of aliphatic hydroxyl groups is 1. The number of hydrogen-bond acceptors (Lipinski definition) is 5. The van der Waals surface area contributed by atoms with E-state index in [0.717, 1.165) is 64.5 Å². The van der Waals surface area contributed by atoms with Crippen molar-refractivity contribution < 1.29 is 13.9 Å². The molecule has 0 amide bonds. The average Bonchev–Trinajstić information content (AvgIpc) is 3.83. The van der Waals surface area contributed by atoms with Crippen molar-refractivity contribution in [3.05, 3.63) is 76.1 Å². The molecule has 1 atom stereocenters. The Hall–Kier alpha value is -3.46. The van der Waals surface area contributed by atoms with E-state index in [1.807, 2.05) is 26.8 Å². The summed E-state index contributed by atoms with van der Waals surface area (Å²) in [7, 11) is 0. The summed E-state index contributed by atoms with van der Waals surface area (Å²) in [5, 5.41) is 20.4. The summed E-state index contributed by atoms with van der Waals surface area (Å²) in [6.07, 6.45) is 3.63. The van der Waals surface area contributed by atoms with Gasteiger partial charge in [0.2, 0.25) is 0 Å². The van der Waals surface area contributed by atoms with Crippen LogP contribution in [-0.4, -0.2) is 34.6 Å². The van der Waals surface area contributed by atoms with Gasteiger partial charge < -0.3 is 5.11 Å². The molecule has 1 aromatic carbocycles. The molecule has 0 saturated heterocycles. The third-order valence-corrected chi connectivity index (χ3v) is 7.87. The Morgan fingerprint density at radius 3 is 2.39 bits per heavy atom. The lowest BCUT2D eigenvalue weighted by Gasteiger charge is -2.11. The zero-order valence-corrected chi connectivity index (χ0v) is 21.9. The highest BCUT2D eigenvalue weighted by Crippen LogP contribution is 2.43. The Bertz CT molecular complexity index is 1470. The zero-order valence-electron chi connectivity index (χ0n) is 21.9. The first-order valence-corrected chi connectivity index (χ1v) is 13.3. The van der Waals surface area contributed by atoms with Gasteiger partial charge in [0.15, 0.2) is 5.82 Å². The molecule has 6 rings (SSSR count). The normalized spacial score (nSPS) is 16.4. The highest BCUT2D eigenvalue weighted by atomic mass is 19.3. The second-order valence-corrected chi connectivity index (χ2v) is 10.8. The molecule has 9 heteroatoms. The summed E-state index contributed by atoms with van der Waals surface area (Å²) in [6, 6.07) is 8.33. The molecular weight excluding hydrogens is 486 g/mol. The van der Waals surface area contributed by atoms with Gasteiger partial charge in [-0.25, -0.2) is 23.4 Å². The van der Waals surface area contributed by atoms with Crippen LogP contribution in [0.15, 0.2) is 36.7 Å². The van der Waals surface area contributed by atoms with E-state index in [1.165, 1.54) is 25.0 Å². The van der Waals surface area contributed by atoms with Gasteiger partial charge in [-0.1, -0.05) is 24.3 Å². The van der Waals surface area contributed by atoms with Gasteiger partial charge in [-0.3, -0.25) is 4.68 Å². The first-order chi connectivity index (χ1) is 18.3. The third-order valence-electron chi connectivity index (χ3n) is 7.87. The number of aromatic nitrogens is 6. The van der Waals surface area contributed by atoms with Crippen LogP contribution in [0.1, 0.15) is 77.7 Å². The summed E-state index contributed by atoms with van der Waals surface area (Å²) < 4.78 is 30.0. The second kappa shape index (κ2) is 9.69. The molecule has 3 aromatic heterocycles. The zero-order chi connectivity index (χ0) is 26.6. The summed E-state index contributed by atoms with van der Waals surface area (Å²) >= 11 is 0. The van der Waals surface area contributed by atoms with Gasteiger partial charge in [0.25, 0.3) is 6.43 Å². The van der Waals surface area contributed by atoms with E-state index in [9.17, 15) is 13.9 Å². The topological polar surface area (TPSA) is 81.7 Å². The first-order valence-electron chi connectivity index (χ1n) is 13.3. The quantitative estimate of drug-likeness (QED) is 0.301. The summed E-state index contributed by atoms with van der Waals surface area (Å²) in [5.41, 5.74) is 7.20. The molecule has 7 nitrogen and oxygen atoms in total. The molecule has 2 saturated carbocycles. The van der Waals surface area contributed by atoms with Crippen LogP contribution in [0, 0.1) is 32.6 Å². The molecule has 0 bridgehead atoms. The van der Waals surface area contributed by atoms with Gasteiger partial charge in [0.05, 0.1) is 23.2 Å². The van der Waals surface area contributed by atoms with Gasteiger partial charge in [-0.15, -0.1) is 0 Å². The van der Waals surface area contributed by atoms with Crippen LogP contribution < -0.4 is 0 Å². The molecule has 2 aliphatic carbocycles. The predicted octanol–water partition coefficient (Wildman–Crippen LogP) is 5.83. The van der Waals surface area contributed by atoms with Crippen molar-refractivity contribution in [3.8, 4) is 17.1 Å². The molecule has 2 fully saturated rings. The van der Waals surface area contributed by atoms with Crippen LogP contribution in [0.3, 0.4) is 0 Å². The van der Waals surface area contributed by atoms with E-state index in [4.69, 9.17) is 10.2 Å². The SMILES string of the molecule is Cc1nn(-c2cc(Cc3c(C)c(-c4ccc(C(F)F)cc4)nn3CC3CC3)ncn2)c(C)c1C(O)C1CC1. The molecule has 0 spiro atoms. The van der Waals surface area contributed by atoms with E-state index in [-0.39, 0.29) is 5.56 Å². The summed E-state index contributed by atoms with van der Waals surface area (Å²) in [4.78, 5) is 9.05. The predicted molar refractivity (Wildman–Crippen MR) is 139 cm³/mol. The van der Waals surface area contributed by atoms with Crippen molar-refractivity contribution >= 4 is 0 Å². The lowest BCUT2D eigenvalue weighted by atomic mass is 10.0. The molecule has 1 N–H and O–H groups in total. The minimum atomic E-state index is -2.49. The van der Waals surface area contributed by atoms with Crippen LogP contribution in [0.4, 0.5) is 8.78 Å². The number of rotatable bonds is 9.